The van der Waals surface area contributed by atoms with Crippen molar-refractivity contribution in [1.82, 2.24) is 10.0 Å². The van der Waals surface area contributed by atoms with Crippen LogP contribution in [-0.2, 0) is 0 Å². The molecule has 3 aliphatic rings. The fourth-order valence-corrected chi connectivity index (χ4v) is 4.71. The van der Waals surface area contributed by atoms with Crippen molar-refractivity contribution in [3.05, 3.63) is 25.3 Å². The van der Waals surface area contributed by atoms with E-state index >= 15 is 0 Å². The van der Waals surface area contributed by atoms with Crippen LogP contribution in [0.4, 0.5) is 0 Å². The van der Waals surface area contributed by atoms with E-state index in [1.165, 1.54) is 84.0 Å². The van der Waals surface area contributed by atoms with E-state index in [0.717, 1.165) is 23.7 Å². The molecule has 130 valence electrons. The molecule has 0 bridgehead atoms. The third kappa shape index (κ3) is 4.28. The second kappa shape index (κ2) is 8.48. The number of allylic oxidation sites excluding steroid dienone is 2. The van der Waals surface area contributed by atoms with Crippen molar-refractivity contribution < 1.29 is 0 Å². The van der Waals surface area contributed by atoms with Gasteiger partial charge in [-0.25, -0.2) is 10.0 Å². The molecule has 1 aliphatic heterocycles. The predicted molar refractivity (Wildman–Crippen MR) is 99.1 cm³/mol. The molecule has 0 amide bonds. The van der Waals surface area contributed by atoms with E-state index in [2.05, 4.69) is 35.3 Å². The van der Waals surface area contributed by atoms with Crippen molar-refractivity contribution in [2.45, 2.75) is 57.8 Å². The summed E-state index contributed by atoms with van der Waals surface area (Å²) in [5.41, 5.74) is 0. The van der Waals surface area contributed by atoms with Gasteiger partial charge in [-0.3, -0.25) is 0 Å². The molecule has 23 heavy (non-hydrogen) atoms. The Morgan fingerprint density at radius 1 is 0.696 bits per heavy atom. The minimum absolute atomic E-state index is 0.804. The lowest BCUT2D eigenvalue weighted by Crippen LogP contribution is -2.45. The zero-order chi connectivity index (χ0) is 16.1. The molecule has 0 aromatic rings. The van der Waals surface area contributed by atoms with Crippen molar-refractivity contribution >= 4 is 0 Å². The molecule has 0 aromatic heterocycles. The summed E-state index contributed by atoms with van der Waals surface area (Å²) in [6.07, 6.45) is 16.9. The highest BCUT2D eigenvalue weighted by Crippen LogP contribution is 2.39. The summed E-state index contributed by atoms with van der Waals surface area (Å²) in [6.45, 7) is 13.1. The van der Waals surface area contributed by atoms with E-state index in [-0.39, 0.29) is 0 Å². The summed E-state index contributed by atoms with van der Waals surface area (Å²) in [5, 5.41) is 5.40. The Bertz CT molecular complexity index is 355. The standard InChI is InChI=1S/C21H36N2/c1-3-18-8-10-20(18)12-16-22-14-6-5-7-15-23(22)17-13-21-11-9-19(21)4-2/h3-4,18-21H,1-2,5-17H2. The average molecular weight is 317 g/mol. The Kier molecular flexibility index (Phi) is 6.36. The van der Waals surface area contributed by atoms with Crippen LogP contribution in [0.5, 0.6) is 0 Å². The van der Waals surface area contributed by atoms with Crippen molar-refractivity contribution in [2.24, 2.45) is 23.7 Å². The molecule has 3 rings (SSSR count). The van der Waals surface area contributed by atoms with E-state index < -0.39 is 0 Å². The zero-order valence-corrected chi connectivity index (χ0v) is 15.0. The maximum Gasteiger partial charge on any atom is 0.0136 e. The summed E-state index contributed by atoms with van der Waals surface area (Å²) in [5.74, 6) is 3.43. The molecule has 1 saturated heterocycles. The van der Waals surface area contributed by atoms with Crippen molar-refractivity contribution in [2.75, 3.05) is 26.2 Å². The van der Waals surface area contributed by atoms with Gasteiger partial charge in [-0.2, -0.15) is 0 Å². The van der Waals surface area contributed by atoms with Gasteiger partial charge in [0.1, 0.15) is 0 Å². The molecule has 1 heterocycles. The van der Waals surface area contributed by atoms with Crippen LogP contribution in [0.15, 0.2) is 25.3 Å². The molecule has 2 nitrogen and oxygen atoms in total. The van der Waals surface area contributed by atoms with Crippen LogP contribution in [0.3, 0.4) is 0 Å². The summed E-state index contributed by atoms with van der Waals surface area (Å²) in [6, 6.07) is 0. The first kappa shape index (κ1) is 17.2. The zero-order valence-electron chi connectivity index (χ0n) is 15.0. The molecule has 0 spiro atoms. The smallest absolute Gasteiger partial charge is 0.0136 e. The SMILES string of the molecule is C=CC1CCC1CCN1CCCCCN1CCC1CCC1C=C. The van der Waals surface area contributed by atoms with Gasteiger partial charge in [0.25, 0.3) is 0 Å². The van der Waals surface area contributed by atoms with E-state index in [4.69, 9.17) is 0 Å². The highest BCUT2D eigenvalue weighted by atomic mass is 15.6. The van der Waals surface area contributed by atoms with Crippen LogP contribution in [-0.4, -0.2) is 36.2 Å². The van der Waals surface area contributed by atoms with Crippen LogP contribution in [0.2, 0.25) is 0 Å². The third-order valence-corrected chi connectivity index (χ3v) is 6.81. The fourth-order valence-electron chi connectivity index (χ4n) is 4.71. The largest absolute Gasteiger partial charge is 0.242 e. The van der Waals surface area contributed by atoms with Gasteiger partial charge in [0, 0.05) is 26.2 Å². The van der Waals surface area contributed by atoms with Gasteiger partial charge in [0.15, 0.2) is 0 Å². The first-order valence-electron chi connectivity index (χ1n) is 10.1. The Hall–Kier alpha value is -0.600. The van der Waals surface area contributed by atoms with E-state index in [0.29, 0.717) is 0 Å². The molecule has 2 aliphatic carbocycles. The van der Waals surface area contributed by atoms with Gasteiger partial charge in [0.05, 0.1) is 0 Å². The van der Waals surface area contributed by atoms with Gasteiger partial charge in [0.2, 0.25) is 0 Å². The highest BCUT2D eigenvalue weighted by molar-refractivity contribution is 4.93. The van der Waals surface area contributed by atoms with E-state index in [1.54, 1.807) is 0 Å². The number of hydrogen-bond acceptors (Lipinski definition) is 2. The lowest BCUT2D eigenvalue weighted by molar-refractivity contribution is -0.0331. The van der Waals surface area contributed by atoms with Crippen molar-refractivity contribution in [3.8, 4) is 0 Å². The highest BCUT2D eigenvalue weighted by Gasteiger charge is 2.31. The predicted octanol–water partition coefficient (Wildman–Crippen LogP) is 4.89. The van der Waals surface area contributed by atoms with Gasteiger partial charge in [-0.1, -0.05) is 18.6 Å². The van der Waals surface area contributed by atoms with E-state index in [9.17, 15) is 0 Å². The molecule has 0 radical (unpaired) electrons. The molecular formula is C21H36N2. The van der Waals surface area contributed by atoms with Gasteiger partial charge < -0.3 is 0 Å². The molecule has 2 heteroatoms. The molecule has 4 unspecified atom stereocenters. The first-order chi connectivity index (χ1) is 11.3. The topological polar surface area (TPSA) is 6.48 Å². The third-order valence-electron chi connectivity index (χ3n) is 6.81. The molecule has 0 N–H and O–H groups in total. The lowest BCUT2D eigenvalue weighted by Gasteiger charge is -2.40. The Morgan fingerprint density at radius 3 is 1.52 bits per heavy atom. The Morgan fingerprint density at radius 2 is 1.17 bits per heavy atom. The molecule has 4 atom stereocenters. The minimum atomic E-state index is 0.804. The number of hydrazine groups is 1. The van der Waals surface area contributed by atoms with Gasteiger partial charge in [-0.15, -0.1) is 13.2 Å². The molecule has 2 saturated carbocycles. The maximum absolute atomic E-state index is 4.01. The first-order valence-corrected chi connectivity index (χ1v) is 10.1. The normalized spacial score (nSPS) is 35.8. The monoisotopic (exact) mass is 316 g/mol. The molecule has 3 fully saturated rings. The van der Waals surface area contributed by atoms with Crippen LogP contribution in [0.1, 0.15) is 57.8 Å². The minimum Gasteiger partial charge on any atom is -0.242 e. The lowest BCUT2D eigenvalue weighted by atomic mass is 9.72. The molecule has 0 aromatic carbocycles. The van der Waals surface area contributed by atoms with Gasteiger partial charge in [-0.05, 0) is 75.0 Å². The number of nitrogens with zero attached hydrogens (tertiary/aromatic N) is 2. The van der Waals surface area contributed by atoms with Crippen LogP contribution < -0.4 is 0 Å². The fraction of sp³-hybridized carbons (Fsp3) is 0.810. The second-order valence-corrected chi connectivity index (χ2v) is 8.02. The number of hydrogen-bond donors (Lipinski definition) is 0. The number of rotatable bonds is 8. The average Bonchev–Trinajstić information content (AvgIpc) is 2.72. The summed E-state index contributed by atoms with van der Waals surface area (Å²) < 4.78 is 0. The summed E-state index contributed by atoms with van der Waals surface area (Å²) in [4.78, 5) is 0. The molecular weight excluding hydrogens is 280 g/mol. The summed E-state index contributed by atoms with van der Waals surface area (Å²) in [7, 11) is 0. The Labute approximate surface area is 143 Å². The van der Waals surface area contributed by atoms with Crippen LogP contribution in [0.25, 0.3) is 0 Å². The van der Waals surface area contributed by atoms with Crippen LogP contribution in [0, 0.1) is 23.7 Å². The quantitative estimate of drug-likeness (QED) is 0.588. The van der Waals surface area contributed by atoms with Crippen molar-refractivity contribution in [1.29, 1.82) is 0 Å². The van der Waals surface area contributed by atoms with Crippen LogP contribution >= 0.6 is 0 Å². The van der Waals surface area contributed by atoms with E-state index in [1.807, 2.05) is 0 Å². The second-order valence-electron chi connectivity index (χ2n) is 8.02. The maximum atomic E-state index is 4.01. The summed E-state index contributed by atoms with van der Waals surface area (Å²) >= 11 is 0. The van der Waals surface area contributed by atoms with Gasteiger partial charge >= 0.3 is 0 Å². The van der Waals surface area contributed by atoms with Crippen molar-refractivity contribution in [3.63, 3.8) is 0 Å². The Balaban J connectivity index is 1.46.